The van der Waals surface area contributed by atoms with E-state index in [1.807, 2.05) is 25.4 Å². The van der Waals surface area contributed by atoms with Crippen LogP contribution in [-0.4, -0.2) is 32.7 Å². The molecule has 7 heteroatoms. The molecule has 0 unspecified atom stereocenters. The monoisotopic (exact) mass is 293 g/mol. The van der Waals surface area contributed by atoms with Gasteiger partial charge in [0.15, 0.2) is 0 Å². The van der Waals surface area contributed by atoms with Gasteiger partial charge in [-0.2, -0.15) is 5.10 Å². The second-order valence-corrected chi connectivity index (χ2v) is 5.34. The lowest BCUT2D eigenvalue weighted by Gasteiger charge is -2.22. The Morgan fingerprint density at radius 1 is 1.60 bits per heavy atom. The molecule has 0 aliphatic carbocycles. The molecule has 0 aliphatic heterocycles. The van der Waals surface area contributed by atoms with Gasteiger partial charge in [0.25, 0.3) is 0 Å². The lowest BCUT2D eigenvalue weighted by Crippen LogP contribution is -2.39. The average Bonchev–Trinajstić information content (AvgIpc) is 3.07. The molecule has 2 aromatic heterocycles. The maximum absolute atomic E-state index is 12.2. The second-order valence-electron chi connectivity index (χ2n) is 4.63. The number of hydrogen-bond donors (Lipinski definition) is 1. The first-order valence-electron chi connectivity index (χ1n) is 6.48. The standard InChI is InChI=1S/C13H19N5OS/c1-4-11(12-5-6-15-18(12)3)16-13(19)17(2)7-10-8-20-9-14-10/h5-6,8-9,11H,4,7H2,1-3H3,(H,16,19)/t11-/m1/s1. The maximum atomic E-state index is 12.2. The van der Waals surface area contributed by atoms with Crippen LogP contribution in [0.25, 0.3) is 0 Å². The summed E-state index contributed by atoms with van der Waals surface area (Å²) in [6, 6.07) is 1.79. The Hall–Kier alpha value is -1.89. The molecule has 0 saturated carbocycles. The first kappa shape index (κ1) is 14.5. The molecule has 2 heterocycles. The first-order valence-corrected chi connectivity index (χ1v) is 7.42. The number of carbonyl (C=O) groups is 1. The Morgan fingerprint density at radius 2 is 2.40 bits per heavy atom. The largest absolute Gasteiger partial charge is 0.330 e. The van der Waals surface area contributed by atoms with Crippen LogP contribution < -0.4 is 5.32 Å². The van der Waals surface area contributed by atoms with Gasteiger partial charge in [0.2, 0.25) is 0 Å². The fourth-order valence-electron chi connectivity index (χ4n) is 2.00. The van der Waals surface area contributed by atoms with E-state index in [1.54, 1.807) is 28.3 Å². The summed E-state index contributed by atoms with van der Waals surface area (Å²) in [6.45, 7) is 2.55. The maximum Gasteiger partial charge on any atom is 0.318 e. The Morgan fingerprint density at radius 3 is 2.95 bits per heavy atom. The van der Waals surface area contributed by atoms with Crippen LogP contribution in [0.15, 0.2) is 23.2 Å². The topological polar surface area (TPSA) is 63.1 Å². The summed E-state index contributed by atoms with van der Waals surface area (Å²) in [5, 5.41) is 9.11. The van der Waals surface area contributed by atoms with Crippen LogP contribution in [0.3, 0.4) is 0 Å². The zero-order valence-electron chi connectivity index (χ0n) is 11.9. The Bertz CT molecular complexity index is 551. The van der Waals surface area contributed by atoms with Gasteiger partial charge in [-0.05, 0) is 12.5 Å². The molecular formula is C13H19N5OS. The lowest BCUT2D eigenvalue weighted by molar-refractivity contribution is 0.201. The van der Waals surface area contributed by atoms with E-state index in [0.29, 0.717) is 6.54 Å². The minimum atomic E-state index is -0.106. The molecule has 0 radical (unpaired) electrons. The molecule has 20 heavy (non-hydrogen) atoms. The number of nitrogens with one attached hydrogen (secondary N) is 1. The third-order valence-electron chi connectivity index (χ3n) is 3.15. The van der Waals surface area contributed by atoms with Crippen molar-refractivity contribution in [2.45, 2.75) is 25.9 Å². The van der Waals surface area contributed by atoms with Crippen LogP contribution in [0.5, 0.6) is 0 Å². The van der Waals surface area contributed by atoms with Crippen LogP contribution in [0.2, 0.25) is 0 Å². The highest BCUT2D eigenvalue weighted by molar-refractivity contribution is 7.07. The number of aryl methyl sites for hydroxylation is 1. The molecule has 0 bridgehead atoms. The molecular weight excluding hydrogens is 274 g/mol. The van der Waals surface area contributed by atoms with E-state index in [4.69, 9.17) is 0 Å². The normalized spacial score (nSPS) is 12.2. The third-order valence-corrected chi connectivity index (χ3v) is 3.79. The Kier molecular flexibility index (Phi) is 4.73. The smallest absolute Gasteiger partial charge is 0.318 e. The molecule has 2 rings (SSSR count). The number of aromatic nitrogens is 3. The molecule has 108 valence electrons. The highest BCUT2D eigenvalue weighted by Crippen LogP contribution is 2.15. The fourth-order valence-corrected chi connectivity index (χ4v) is 2.55. The van der Waals surface area contributed by atoms with Crippen LogP contribution in [-0.2, 0) is 13.6 Å². The van der Waals surface area contributed by atoms with Crippen molar-refractivity contribution in [2.75, 3.05) is 7.05 Å². The summed E-state index contributed by atoms with van der Waals surface area (Å²) in [5.41, 5.74) is 3.68. The van der Waals surface area contributed by atoms with Crippen molar-refractivity contribution < 1.29 is 4.79 Å². The molecule has 1 atom stereocenters. The number of amides is 2. The van der Waals surface area contributed by atoms with E-state index in [0.717, 1.165) is 17.8 Å². The van der Waals surface area contributed by atoms with Gasteiger partial charge in [-0.3, -0.25) is 4.68 Å². The van der Waals surface area contributed by atoms with E-state index in [-0.39, 0.29) is 12.1 Å². The van der Waals surface area contributed by atoms with Gasteiger partial charge in [-0.25, -0.2) is 9.78 Å². The predicted molar refractivity (Wildman–Crippen MR) is 78.4 cm³/mol. The van der Waals surface area contributed by atoms with Crippen molar-refractivity contribution in [3.63, 3.8) is 0 Å². The SMILES string of the molecule is CC[C@@H](NC(=O)N(C)Cc1cscn1)c1ccnn1C. The highest BCUT2D eigenvalue weighted by Gasteiger charge is 2.18. The van der Waals surface area contributed by atoms with Gasteiger partial charge in [-0.1, -0.05) is 6.92 Å². The summed E-state index contributed by atoms with van der Waals surface area (Å²) >= 11 is 1.53. The average molecular weight is 293 g/mol. The van der Waals surface area contributed by atoms with Crippen LogP contribution in [0.4, 0.5) is 4.79 Å². The highest BCUT2D eigenvalue weighted by atomic mass is 32.1. The molecule has 6 nitrogen and oxygen atoms in total. The summed E-state index contributed by atoms with van der Waals surface area (Å²) in [4.78, 5) is 18.0. The zero-order valence-corrected chi connectivity index (χ0v) is 12.7. The Balaban J connectivity index is 1.97. The van der Waals surface area contributed by atoms with Gasteiger partial charge >= 0.3 is 6.03 Å². The lowest BCUT2D eigenvalue weighted by atomic mass is 10.1. The van der Waals surface area contributed by atoms with Crippen molar-refractivity contribution >= 4 is 17.4 Å². The van der Waals surface area contributed by atoms with E-state index in [1.165, 1.54) is 11.3 Å². The van der Waals surface area contributed by atoms with Crippen LogP contribution >= 0.6 is 11.3 Å². The quantitative estimate of drug-likeness (QED) is 0.919. The molecule has 2 amide bonds. The molecule has 0 saturated heterocycles. The van der Waals surface area contributed by atoms with Gasteiger partial charge in [0.05, 0.1) is 29.5 Å². The van der Waals surface area contributed by atoms with E-state index < -0.39 is 0 Å². The molecule has 0 aromatic carbocycles. The van der Waals surface area contributed by atoms with E-state index in [9.17, 15) is 4.79 Å². The predicted octanol–water partition coefficient (Wildman–Crippen LogP) is 2.17. The van der Waals surface area contributed by atoms with Gasteiger partial charge < -0.3 is 10.2 Å². The number of hydrogen-bond acceptors (Lipinski definition) is 4. The van der Waals surface area contributed by atoms with Crippen LogP contribution in [0, 0.1) is 0 Å². The first-order chi connectivity index (χ1) is 9.61. The van der Waals surface area contributed by atoms with E-state index >= 15 is 0 Å². The minimum absolute atomic E-state index is 0.0344. The number of nitrogens with zero attached hydrogens (tertiary/aromatic N) is 4. The van der Waals surface area contributed by atoms with E-state index in [2.05, 4.69) is 15.4 Å². The van der Waals surface area contributed by atoms with Crippen molar-refractivity contribution in [1.82, 2.24) is 25.0 Å². The number of carbonyl (C=O) groups excluding carboxylic acids is 1. The van der Waals surface area contributed by atoms with Gasteiger partial charge in [0.1, 0.15) is 0 Å². The number of urea groups is 1. The van der Waals surface area contributed by atoms with Crippen LogP contribution in [0.1, 0.15) is 30.8 Å². The summed E-state index contributed by atoms with van der Waals surface area (Å²) < 4.78 is 1.79. The summed E-state index contributed by atoms with van der Waals surface area (Å²) in [7, 11) is 3.65. The summed E-state index contributed by atoms with van der Waals surface area (Å²) in [6.07, 6.45) is 2.55. The number of thiazole rings is 1. The Labute approximate surface area is 122 Å². The van der Waals surface area contributed by atoms with Gasteiger partial charge in [-0.15, -0.1) is 11.3 Å². The molecule has 2 aromatic rings. The zero-order chi connectivity index (χ0) is 14.5. The number of rotatable bonds is 5. The van der Waals surface area contributed by atoms with Crippen molar-refractivity contribution in [3.8, 4) is 0 Å². The second kappa shape index (κ2) is 6.51. The molecule has 0 aliphatic rings. The van der Waals surface area contributed by atoms with Crippen molar-refractivity contribution in [2.24, 2.45) is 7.05 Å². The minimum Gasteiger partial charge on any atom is -0.330 e. The molecule has 0 spiro atoms. The van der Waals surface area contributed by atoms with Crippen molar-refractivity contribution in [1.29, 1.82) is 0 Å². The fraction of sp³-hybridized carbons (Fsp3) is 0.462. The van der Waals surface area contributed by atoms with Gasteiger partial charge in [0, 0.05) is 25.7 Å². The third kappa shape index (κ3) is 3.36. The summed E-state index contributed by atoms with van der Waals surface area (Å²) in [5.74, 6) is 0. The molecule has 0 fully saturated rings. The molecule has 1 N–H and O–H groups in total. The van der Waals surface area contributed by atoms with Crippen molar-refractivity contribution in [3.05, 3.63) is 34.5 Å².